The molecule has 3 rings (SSSR count). The van der Waals surface area contributed by atoms with Gasteiger partial charge in [0.25, 0.3) is 5.91 Å². The number of Topliss-reactive ketones (excluding diaryl/α,β-unsaturated/α-hetero) is 1. The van der Waals surface area contributed by atoms with Crippen molar-refractivity contribution in [2.45, 2.75) is 45.8 Å². The topological polar surface area (TPSA) is 90.9 Å². The number of para-hydroxylation sites is 1. The SMILES string of the molecule is CC(=O)c1ccc(NC(=O)[C@H](C)OC(=O)COc2cccc3c2OC(C)(C)C3)cc1. The number of anilines is 1. The summed E-state index contributed by atoms with van der Waals surface area (Å²) in [7, 11) is 0. The minimum Gasteiger partial charge on any atom is -0.483 e. The second kappa shape index (κ2) is 8.57. The Balaban J connectivity index is 1.51. The minimum atomic E-state index is -1.01. The number of ketones is 1. The van der Waals surface area contributed by atoms with Gasteiger partial charge >= 0.3 is 5.97 Å². The van der Waals surface area contributed by atoms with Gasteiger partial charge in [-0.1, -0.05) is 12.1 Å². The van der Waals surface area contributed by atoms with Gasteiger partial charge in [0.05, 0.1) is 0 Å². The summed E-state index contributed by atoms with van der Waals surface area (Å²) >= 11 is 0. The molecule has 1 N–H and O–H groups in total. The fraction of sp³-hybridized carbons (Fsp3) is 0.348. The zero-order chi connectivity index (χ0) is 21.9. The molecule has 0 saturated heterocycles. The first-order valence-electron chi connectivity index (χ1n) is 9.70. The maximum absolute atomic E-state index is 12.2. The van der Waals surface area contributed by atoms with E-state index in [4.69, 9.17) is 14.2 Å². The van der Waals surface area contributed by atoms with Crippen LogP contribution in [0.3, 0.4) is 0 Å². The van der Waals surface area contributed by atoms with E-state index in [1.54, 1.807) is 30.3 Å². The van der Waals surface area contributed by atoms with Gasteiger partial charge in [0.15, 0.2) is 30.0 Å². The third kappa shape index (κ3) is 5.17. The lowest BCUT2D eigenvalue weighted by Crippen LogP contribution is -2.31. The van der Waals surface area contributed by atoms with Crippen LogP contribution < -0.4 is 14.8 Å². The number of hydrogen-bond acceptors (Lipinski definition) is 6. The number of nitrogens with one attached hydrogen (secondary N) is 1. The first-order valence-corrected chi connectivity index (χ1v) is 9.70. The Morgan fingerprint density at radius 1 is 1.13 bits per heavy atom. The van der Waals surface area contributed by atoms with E-state index in [1.807, 2.05) is 26.0 Å². The number of rotatable bonds is 7. The monoisotopic (exact) mass is 411 g/mol. The molecule has 0 radical (unpaired) electrons. The van der Waals surface area contributed by atoms with Crippen LogP contribution in [-0.2, 0) is 20.7 Å². The molecule has 7 nitrogen and oxygen atoms in total. The van der Waals surface area contributed by atoms with Gasteiger partial charge in [0, 0.05) is 23.2 Å². The molecule has 7 heteroatoms. The molecular formula is C23H25NO6. The van der Waals surface area contributed by atoms with Crippen LogP contribution >= 0.6 is 0 Å². The highest BCUT2D eigenvalue weighted by molar-refractivity contribution is 5.97. The van der Waals surface area contributed by atoms with Crippen molar-refractivity contribution in [3.63, 3.8) is 0 Å². The van der Waals surface area contributed by atoms with Crippen molar-refractivity contribution in [1.29, 1.82) is 0 Å². The minimum absolute atomic E-state index is 0.0619. The summed E-state index contributed by atoms with van der Waals surface area (Å²) < 4.78 is 16.6. The maximum Gasteiger partial charge on any atom is 0.344 e. The fourth-order valence-electron chi connectivity index (χ4n) is 3.15. The summed E-state index contributed by atoms with van der Waals surface area (Å²) in [4.78, 5) is 35.7. The van der Waals surface area contributed by atoms with Gasteiger partial charge in [-0.2, -0.15) is 0 Å². The Kier molecular flexibility index (Phi) is 6.10. The first kappa shape index (κ1) is 21.4. The number of benzene rings is 2. The lowest BCUT2D eigenvalue weighted by molar-refractivity contribution is -0.155. The molecule has 0 bridgehead atoms. The van der Waals surface area contributed by atoms with E-state index in [1.165, 1.54) is 13.8 Å². The van der Waals surface area contributed by atoms with Crippen LogP contribution in [0.2, 0.25) is 0 Å². The van der Waals surface area contributed by atoms with Crippen molar-refractivity contribution < 1.29 is 28.6 Å². The summed E-state index contributed by atoms with van der Waals surface area (Å²) in [6, 6.07) is 12.0. The van der Waals surface area contributed by atoms with Crippen molar-refractivity contribution in [2.24, 2.45) is 0 Å². The molecule has 1 heterocycles. The lowest BCUT2D eigenvalue weighted by Gasteiger charge is -2.18. The van der Waals surface area contributed by atoms with E-state index >= 15 is 0 Å². The summed E-state index contributed by atoms with van der Waals surface area (Å²) in [5.41, 5.74) is 1.75. The molecule has 0 saturated carbocycles. The lowest BCUT2D eigenvalue weighted by atomic mass is 10.0. The zero-order valence-electron chi connectivity index (χ0n) is 17.5. The summed E-state index contributed by atoms with van der Waals surface area (Å²) in [5.74, 6) is -0.106. The van der Waals surface area contributed by atoms with E-state index in [9.17, 15) is 14.4 Å². The molecule has 30 heavy (non-hydrogen) atoms. The molecule has 1 aliphatic rings. The smallest absolute Gasteiger partial charge is 0.344 e. The number of carbonyl (C=O) groups excluding carboxylic acids is 3. The third-order valence-electron chi connectivity index (χ3n) is 4.64. The van der Waals surface area contributed by atoms with Crippen LogP contribution in [0.5, 0.6) is 11.5 Å². The third-order valence-corrected chi connectivity index (χ3v) is 4.64. The summed E-state index contributed by atoms with van der Waals surface area (Å²) in [5, 5.41) is 2.64. The highest BCUT2D eigenvalue weighted by Gasteiger charge is 2.32. The van der Waals surface area contributed by atoms with Crippen molar-refractivity contribution in [3.05, 3.63) is 53.6 Å². The molecular weight excluding hydrogens is 386 g/mol. The number of fused-ring (bicyclic) bond motifs is 1. The predicted molar refractivity (Wildman–Crippen MR) is 111 cm³/mol. The Hall–Kier alpha value is -3.35. The largest absolute Gasteiger partial charge is 0.483 e. The average molecular weight is 411 g/mol. The van der Waals surface area contributed by atoms with E-state index in [0.29, 0.717) is 22.7 Å². The van der Waals surface area contributed by atoms with Gasteiger partial charge in [-0.25, -0.2) is 4.79 Å². The van der Waals surface area contributed by atoms with Crippen LogP contribution in [0.15, 0.2) is 42.5 Å². The fourth-order valence-corrected chi connectivity index (χ4v) is 3.15. The zero-order valence-corrected chi connectivity index (χ0v) is 17.5. The van der Waals surface area contributed by atoms with Crippen molar-refractivity contribution in [2.75, 3.05) is 11.9 Å². The van der Waals surface area contributed by atoms with Crippen LogP contribution in [0.25, 0.3) is 0 Å². The number of esters is 1. The van der Waals surface area contributed by atoms with E-state index in [2.05, 4.69) is 5.32 Å². The Labute approximate surface area is 175 Å². The first-order chi connectivity index (χ1) is 14.1. The Morgan fingerprint density at radius 3 is 2.50 bits per heavy atom. The number of amides is 1. The van der Waals surface area contributed by atoms with E-state index in [0.717, 1.165) is 12.0 Å². The molecule has 2 aromatic rings. The normalized spacial score (nSPS) is 14.8. The van der Waals surface area contributed by atoms with Gasteiger partial charge in [-0.15, -0.1) is 0 Å². The van der Waals surface area contributed by atoms with E-state index < -0.39 is 18.0 Å². The highest BCUT2D eigenvalue weighted by atomic mass is 16.6. The van der Waals surface area contributed by atoms with Gasteiger partial charge in [-0.05, 0) is 58.0 Å². The van der Waals surface area contributed by atoms with Crippen LogP contribution in [0.4, 0.5) is 5.69 Å². The number of carbonyl (C=O) groups is 3. The van der Waals surface area contributed by atoms with Crippen LogP contribution in [0, 0.1) is 0 Å². The molecule has 0 fully saturated rings. The molecule has 2 aromatic carbocycles. The Morgan fingerprint density at radius 2 is 1.83 bits per heavy atom. The van der Waals surface area contributed by atoms with Crippen molar-refractivity contribution in [3.8, 4) is 11.5 Å². The predicted octanol–water partition coefficient (Wildman–Crippen LogP) is 3.55. The molecule has 158 valence electrons. The highest BCUT2D eigenvalue weighted by Crippen LogP contribution is 2.41. The number of hydrogen-bond donors (Lipinski definition) is 1. The van der Waals surface area contributed by atoms with Crippen LogP contribution in [-0.4, -0.2) is 36.0 Å². The molecule has 1 amide bonds. The van der Waals surface area contributed by atoms with Gasteiger partial charge in [-0.3, -0.25) is 9.59 Å². The van der Waals surface area contributed by atoms with Gasteiger partial charge < -0.3 is 19.5 Å². The second-order valence-corrected chi connectivity index (χ2v) is 7.83. The van der Waals surface area contributed by atoms with Crippen molar-refractivity contribution >= 4 is 23.3 Å². The number of ether oxygens (including phenoxy) is 3. The molecule has 0 aliphatic carbocycles. The van der Waals surface area contributed by atoms with Gasteiger partial charge in [0.2, 0.25) is 0 Å². The second-order valence-electron chi connectivity index (χ2n) is 7.83. The molecule has 0 aromatic heterocycles. The van der Waals surface area contributed by atoms with Crippen LogP contribution in [0.1, 0.15) is 43.6 Å². The Bertz CT molecular complexity index is 964. The quantitative estimate of drug-likeness (QED) is 0.553. The van der Waals surface area contributed by atoms with Gasteiger partial charge in [0.1, 0.15) is 5.60 Å². The molecule has 0 spiro atoms. The summed E-state index contributed by atoms with van der Waals surface area (Å²) in [6.07, 6.45) is -0.251. The van der Waals surface area contributed by atoms with E-state index in [-0.39, 0.29) is 18.0 Å². The maximum atomic E-state index is 12.2. The standard InChI is InChI=1S/C23H25NO6/c1-14(25)16-8-10-18(11-9-16)24-22(27)15(2)29-20(26)13-28-19-7-5-6-17-12-23(3,4)30-21(17)19/h5-11,15H,12-13H2,1-4H3,(H,24,27)/t15-/m0/s1. The molecule has 1 atom stereocenters. The average Bonchev–Trinajstić information content (AvgIpc) is 3.01. The molecule has 1 aliphatic heterocycles. The summed E-state index contributed by atoms with van der Waals surface area (Å²) in [6.45, 7) is 6.57. The van der Waals surface area contributed by atoms with Crippen molar-refractivity contribution in [1.82, 2.24) is 0 Å². The molecule has 0 unspecified atom stereocenters.